The van der Waals surface area contributed by atoms with E-state index in [0.29, 0.717) is 39.1 Å². The number of hydrogen-bond acceptors (Lipinski definition) is 6. The van der Waals surface area contributed by atoms with E-state index in [0.717, 1.165) is 0 Å². The molecule has 1 amide bonds. The minimum atomic E-state index is -1.04. The number of amides is 1. The summed E-state index contributed by atoms with van der Waals surface area (Å²) in [6.07, 6.45) is 0.990. The summed E-state index contributed by atoms with van der Waals surface area (Å²) in [7, 11) is 0. The van der Waals surface area contributed by atoms with Gasteiger partial charge < -0.3 is 15.2 Å². The molecular formula is C22H20N2O5S. The summed E-state index contributed by atoms with van der Waals surface area (Å²) in [4.78, 5) is 39.8. The number of para-hydroxylation sites is 1. The normalized spacial score (nSPS) is 17.1. The maximum atomic E-state index is 12.4. The van der Waals surface area contributed by atoms with Crippen molar-refractivity contribution in [3.05, 3.63) is 64.6 Å². The van der Waals surface area contributed by atoms with Gasteiger partial charge in [-0.25, -0.2) is 9.79 Å². The first-order valence-corrected chi connectivity index (χ1v) is 10.1. The van der Waals surface area contributed by atoms with Crippen LogP contribution in [0.3, 0.4) is 0 Å². The number of carbonyl (C=O) groups is 3. The summed E-state index contributed by atoms with van der Waals surface area (Å²) in [6.45, 7) is 3.22. The minimum Gasteiger partial charge on any atom is -0.479 e. The number of aliphatic imine (C=N–C) groups is 1. The van der Waals surface area contributed by atoms with Gasteiger partial charge in [0, 0.05) is 11.1 Å². The van der Waals surface area contributed by atoms with E-state index < -0.39 is 12.1 Å². The third-order valence-corrected chi connectivity index (χ3v) is 5.19. The topological polar surface area (TPSA) is 105 Å². The van der Waals surface area contributed by atoms with Crippen LogP contribution in [0.15, 0.2) is 58.4 Å². The van der Waals surface area contributed by atoms with Crippen molar-refractivity contribution < 1.29 is 24.2 Å². The number of benzene rings is 2. The molecule has 2 N–H and O–H groups in total. The number of ketones is 1. The average molecular weight is 424 g/mol. The number of amidine groups is 1. The Morgan fingerprint density at radius 1 is 1.20 bits per heavy atom. The molecule has 30 heavy (non-hydrogen) atoms. The van der Waals surface area contributed by atoms with Gasteiger partial charge in [0.05, 0.1) is 10.6 Å². The lowest BCUT2D eigenvalue weighted by Gasteiger charge is -2.15. The number of ether oxygens (including phenoxy) is 1. The fourth-order valence-corrected chi connectivity index (χ4v) is 3.51. The van der Waals surface area contributed by atoms with E-state index in [9.17, 15) is 19.5 Å². The predicted molar refractivity (Wildman–Crippen MR) is 116 cm³/mol. The Kier molecular flexibility index (Phi) is 6.68. The lowest BCUT2D eigenvalue weighted by atomic mass is 10.1. The average Bonchev–Trinajstić information content (AvgIpc) is 3.06. The minimum absolute atomic E-state index is 0.0305. The third kappa shape index (κ3) is 5.15. The van der Waals surface area contributed by atoms with Crippen LogP contribution in [-0.4, -0.2) is 34.0 Å². The Hall–Kier alpha value is -3.39. The summed E-state index contributed by atoms with van der Waals surface area (Å²) in [6, 6.07) is 13.7. The van der Waals surface area contributed by atoms with Gasteiger partial charge in [-0.3, -0.25) is 9.59 Å². The van der Waals surface area contributed by atoms with Crippen LogP contribution in [-0.2, 0) is 9.59 Å². The summed E-state index contributed by atoms with van der Waals surface area (Å²) < 4.78 is 5.61. The number of carboxylic acids is 1. The molecule has 1 aliphatic rings. The van der Waals surface area contributed by atoms with Crippen molar-refractivity contribution in [1.29, 1.82) is 0 Å². The highest BCUT2D eigenvalue weighted by Crippen LogP contribution is 2.31. The molecule has 0 saturated carbocycles. The highest BCUT2D eigenvalue weighted by Gasteiger charge is 2.25. The van der Waals surface area contributed by atoms with Crippen molar-refractivity contribution in [2.75, 3.05) is 0 Å². The fraction of sp³-hybridized carbons (Fsp3) is 0.182. The van der Waals surface area contributed by atoms with Gasteiger partial charge in [0.25, 0.3) is 5.91 Å². The summed E-state index contributed by atoms with van der Waals surface area (Å²) >= 11 is 1.17. The second kappa shape index (κ2) is 9.41. The standard InChI is InChI=1S/C22H20N2O5S/c1-3-17(21(27)28)29-18-7-5-4-6-15(18)12-19-20(26)24-22(30-19)23-16-10-8-14(9-11-16)13(2)25/h4-12,17H,3H2,1-2H3,(H,27,28)(H,23,24,26)/b19-12+. The molecule has 0 bridgehead atoms. The maximum Gasteiger partial charge on any atom is 0.344 e. The number of nitrogens with zero attached hydrogens (tertiary/aromatic N) is 1. The SMILES string of the molecule is CCC(Oc1ccccc1/C=C1/SC(=Nc2ccc(C(C)=O)cc2)NC1=O)C(=O)O. The molecule has 2 aromatic rings. The predicted octanol–water partition coefficient (Wildman–Crippen LogP) is 4.02. The first kappa shape index (κ1) is 21.3. The Balaban J connectivity index is 1.81. The van der Waals surface area contributed by atoms with Crippen molar-refractivity contribution in [2.45, 2.75) is 26.4 Å². The van der Waals surface area contributed by atoms with Crippen molar-refractivity contribution >= 4 is 46.4 Å². The van der Waals surface area contributed by atoms with Gasteiger partial charge in [0.15, 0.2) is 17.1 Å². The molecule has 1 aliphatic heterocycles. The number of nitrogens with one attached hydrogen (secondary N) is 1. The van der Waals surface area contributed by atoms with Crippen LogP contribution in [0.25, 0.3) is 6.08 Å². The number of carboxylic acid groups (broad SMARTS) is 1. The molecule has 0 aliphatic carbocycles. The molecule has 0 aromatic heterocycles. The van der Waals surface area contributed by atoms with Crippen molar-refractivity contribution in [1.82, 2.24) is 5.32 Å². The Labute approximate surface area is 177 Å². The van der Waals surface area contributed by atoms with Gasteiger partial charge in [0.2, 0.25) is 0 Å². The fourth-order valence-electron chi connectivity index (χ4n) is 2.68. The van der Waals surface area contributed by atoms with Crippen LogP contribution in [0.4, 0.5) is 5.69 Å². The first-order valence-electron chi connectivity index (χ1n) is 9.26. The van der Waals surface area contributed by atoms with Crippen LogP contribution in [0.1, 0.15) is 36.2 Å². The molecule has 2 aromatic carbocycles. The van der Waals surface area contributed by atoms with E-state index in [-0.39, 0.29) is 11.7 Å². The van der Waals surface area contributed by atoms with Gasteiger partial charge in [-0.05, 0) is 61.5 Å². The lowest BCUT2D eigenvalue weighted by molar-refractivity contribution is -0.145. The lowest BCUT2D eigenvalue weighted by Crippen LogP contribution is -2.26. The molecule has 0 spiro atoms. The highest BCUT2D eigenvalue weighted by atomic mass is 32.2. The van der Waals surface area contributed by atoms with E-state index in [1.165, 1.54) is 18.7 Å². The van der Waals surface area contributed by atoms with Crippen molar-refractivity contribution in [3.8, 4) is 5.75 Å². The zero-order valence-electron chi connectivity index (χ0n) is 16.4. The monoisotopic (exact) mass is 424 g/mol. The van der Waals surface area contributed by atoms with Gasteiger partial charge in [-0.1, -0.05) is 25.1 Å². The molecule has 8 heteroatoms. The second-order valence-corrected chi connectivity index (χ2v) is 7.51. The molecule has 1 saturated heterocycles. The first-order chi connectivity index (χ1) is 14.4. The van der Waals surface area contributed by atoms with Gasteiger partial charge in [-0.15, -0.1) is 0 Å². The number of Topliss-reactive ketones (excluding diaryl/α,β-unsaturated/α-hetero) is 1. The molecule has 1 unspecified atom stereocenters. The van der Waals surface area contributed by atoms with Crippen LogP contribution in [0.2, 0.25) is 0 Å². The smallest absolute Gasteiger partial charge is 0.344 e. The van der Waals surface area contributed by atoms with Crippen LogP contribution >= 0.6 is 11.8 Å². The Morgan fingerprint density at radius 2 is 1.90 bits per heavy atom. The number of hydrogen-bond donors (Lipinski definition) is 2. The van der Waals surface area contributed by atoms with Crippen LogP contribution < -0.4 is 10.1 Å². The number of thioether (sulfide) groups is 1. The molecule has 154 valence electrons. The molecule has 7 nitrogen and oxygen atoms in total. The van der Waals surface area contributed by atoms with E-state index in [4.69, 9.17) is 4.74 Å². The third-order valence-electron chi connectivity index (χ3n) is 4.28. The largest absolute Gasteiger partial charge is 0.479 e. The van der Waals surface area contributed by atoms with Crippen LogP contribution in [0, 0.1) is 0 Å². The maximum absolute atomic E-state index is 12.4. The quantitative estimate of drug-likeness (QED) is 0.514. The number of carbonyl (C=O) groups excluding carboxylic acids is 2. The Morgan fingerprint density at radius 3 is 2.53 bits per heavy atom. The Bertz CT molecular complexity index is 1040. The zero-order valence-corrected chi connectivity index (χ0v) is 17.2. The van der Waals surface area contributed by atoms with Crippen molar-refractivity contribution in [3.63, 3.8) is 0 Å². The number of aliphatic carboxylic acids is 1. The number of rotatable bonds is 7. The molecule has 1 fully saturated rings. The van der Waals surface area contributed by atoms with E-state index in [2.05, 4.69) is 10.3 Å². The summed E-state index contributed by atoms with van der Waals surface area (Å²) in [5, 5.41) is 12.3. The van der Waals surface area contributed by atoms with Gasteiger partial charge in [-0.2, -0.15) is 0 Å². The highest BCUT2D eigenvalue weighted by molar-refractivity contribution is 8.18. The molecule has 3 rings (SSSR count). The molecule has 0 radical (unpaired) electrons. The van der Waals surface area contributed by atoms with E-state index in [1.54, 1.807) is 61.5 Å². The zero-order chi connectivity index (χ0) is 21.7. The molecule has 1 heterocycles. The molecule has 1 atom stereocenters. The van der Waals surface area contributed by atoms with E-state index in [1.807, 2.05) is 0 Å². The van der Waals surface area contributed by atoms with Gasteiger partial charge in [0.1, 0.15) is 5.75 Å². The van der Waals surface area contributed by atoms with Gasteiger partial charge >= 0.3 is 5.97 Å². The second-order valence-electron chi connectivity index (χ2n) is 6.48. The molecular weight excluding hydrogens is 404 g/mol. The van der Waals surface area contributed by atoms with Crippen molar-refractivity contribution in [2.24, 2.45) is 4.99 Å². The summed E-state index contributed by atoms with van der Waals surface area (Å²) in [5.74, 6) is -0.993. The van der Waals surface area contributed by atoms with E-state index >= 15 is 0 Å². The summed E-state index contributed by atoms with van der Waals surface area (Å²) in [5.41, 5.74) is 1.80. The van der Waals surface area contributed by atoms with Crippen LogP contribution in [0.5, 0.6) is 5.75 Å².